The quantitative estimate of drug-likeness (QED) is 0.307. The first kappa shape index (κ1) is 15.1. The third-order valence-corrected chi connectivity index (χ3v) is 5.19. The molecule has 3 aromatic carbocycles. The minimum Gasteiger partial charge on any atom is -0.352 e. The van der Waals surface area contributed by atoms with Crippen LogP contribution in [0, 0.1) is 0 Å². The molecule has 0 spiro atoms. The van der Waals surface area contributed by atoms with Gasteiger partial charge in [-0.2, -0.15) is 8.42 Å². The molecule has 26 heavy (non-hydrogen) atoms. The zero-order valence-electron chi connectivity index (χ0n) is 13.3. The largest absolute Gasteiger partial charge is 0.352 e. The summed E-state index contributed by atoms with van der Waals surface area (Å²) >= 11 is 0. The van der Waals surface area contributed by atoms with E-state index < -0.39 is 10.1 Å². The Morgan fingerprint density at radius 3 is 1.96 bits per heavy atom. The molecule has 0 bridgehead atoms. The molecule has 128 valence electrons. The normalized spacial score (nSPS) is 13.0. The first-order valence-corrected chi connectivity index (χ1v) is 9.28. The number of hydrogen-bond acceptors (Lipinski definition) is 6. The first-order chi connectivity index (χ1) is 12.5. The molecular weight excluding hydrogens is 352 g/mol. The van der Waals surface area contributed by atoms with Crippen molar-refractivity contribution in [3.05, 3.63) is 54.6 Å². The van der Waals surface area contributed by atoms with Gasteiger partial charge in [0, 0.05) is 0 Å². The Bertz CT molecular complexity index is 1320. The first-order valence-electron chi connectivity index (χ1n) is 7.84. The van der Waals surface area contributed by atoms with E-state index in [0.29, 0.717) is 16.6 Å². The zero-order chi connectivity index (χ0) is 17.9. The van der Waals surface area contributed by atoms with Crippen LogP contribution in [0.5, 0.6) is 0 Å². The van der Waals surface area contributed by atoms with E-state index in [1.807, 2.05) is 30.3 Å². The second-order valence-electron chi connectivity index (χ2n) is 6.00. The number of hydrogen-bond donors (Lipinski definition) is 3. The number of benzene rings is 3. The minimum absolute atomic E-state index is 0.145. The number of rotatable bonds is 1. The molecule has 3 N–H and O–H groups in total. The summed E-state index contributed by atoms with van der Waals surface area (Å²) in [4.78, 5) is 8.70. The monoisotopic (exact) mass is 364 g/mol. The predicted octanol–water partition coefficient (Wildman–Crippen LogP) is 3.83. The van der Waals surface area contributed by atoms with Crippen LogP contribution in [0.3, 0.4) is 0 Å². The van der Waals surface area contributed by atoms with Gasteiger partial charge in [0.1, 0.15) is 10.4 Å². The van der Waals surface area contributed by atoms with E-state index in [0.717, 1.165) is 22.7 Å². The molecule has 0 amide bonds. The lowest BCUT2D eigenvalue weighted by atomic mass is 10.1. The summed E-state index contributed by atoms with van der Waals surface area (Å²) in [6.45, 7) is 0. The van der Waals surface area contributed by atoms with Crippen LogP contribution in [-0.4, -0.2) is 22.9 Å². The van der Waals surface area contributed by atoms with Gasteiger partial charge in [-0.1, -0.05) is 18.2 Å². The summed E-state index contributed by atoms with van der Waals surface area (Å²) in [5, 5.41) is 6.68. The number of nitrogens with one attached hydrogen (secondary N) is 2. The van der Waals surface area contributed by atoms with Crippen LogP contribution in [0.4, 0.5) is 22.7 Å². The molecule has 4 aromatic rings. The summed E-state index contributed by atoms with van der Waals surface area (Å²) in [5.74, 6) is 0. The Morgan fingerprint density at radius 1 is 0.731 bits per heavy atom. The van der Waals surface area contributed by atoms with E-state index in [4.69, 9.17) is 0 Å². The zero-order valence-corrected chi connectivity index (χ0v) is 14.1. The van der Waals surface area contributed by atoms with Crippen LogP contribution in [0.1, 0.15) is 0 Å². The van der Waals surface area contributed by atoms with Gasteiger partial charge in [0.05, 0.1) is 39.3 Å². The number of aromatic nitrogens is 2. The summed E-state index contributed by atoms with van der Waals surface area (Å²) < 4.78 is 32.7. The molecule has 0 saturated heterocycles. The van der Waals surface area contributed by atoms with Gasteiger partial charge >= 0.3 is 0 Å². The SMILES string of the molecule is O=S(=O)(O)c1cccc2nc3cc4c(cc3nc12)Nc1ccccc1N4. The molecule has 0 fully saturated rings. The predicted molar refractivity (Wildman–Crippen MR) is 99.9 cm³/mol. The Morgan fingerprint density at radius 2 is 1.35 bits per heavy atom. The molecule has 8 heteroatoms. The summed E-state index contributed by atoms with van der Waals surface area (Å²) in [7, 11) is -4.39. The van der Waals surface area contributed by atoms with E-state index in [-0.39, 0.29) is 10.4 Å². The summed E-state index contributed by atoms with van der Waals surface area (Å²) in [5.41, 5.74) is 5.26. The van der Waals surface area contributed by atoms with Gasteiger partial charge in [0.2, 0.25) is 0 Å². The van der Waals surface area contributed by atoms with E-state index >= 15 is 0 Å². The summed E-state index contributed by atoms with van der Waals surface area (Å²) in [6.07, 6.45) is 0. The fourth-order valence-electron chi connectivity index (χ4n) is 3.13. The van der Waals surface area contributed by atoms with Crippen LogP contribution in [0.15, 0.2) is 59.5 Å². The van der Waals surface area contributed by atoms with Crippen LogP contribution < -0.4 is 10.6 Å². The number of nitrogens with zero attached hydrogens (tertiary/aromatic N) is 2. The van der Waals surface area contributed by atoms with Crippen molar-refractivity contribution >= 4 is 54.9 Å². The van der Waals surface area contributed by atoms with Crippen molar-refractivity contribution in [1.29, 1.82) is 0 Å². The molecule has 1 aliphatic heterocycles. The summed E-state index contributed by atoms with van der Waals surface area (Å²) in [6, 6.07) is 16.0. The van der Waals surface area contributed by atoms with Crippen LogP contribution >= 0.6 is 0 Å². The Labute approximate surface area is 148 Å². The Kier molecular flexibility index (Phi) is 2.97. The Hall–Kier alpha value is -3.23. The molecule has 0 saturated carbocycles. The molecule has 0 unspecified atom stereocenters. The maximum Gasteiger partial charge on any atom is 0.296 e. The molecule has 2 heterocycles. The Balaban J connectivity index is 1.76. The molecule has 1 aromatic heterocycles. The van der Waals surface area contributed by atoms with E-state index in [2.05, 4.69) is 20.6 Å². The van der Waals surface area contributed by atoms with Crippen molar-refractivity contribution in [3.8, 4) is 0 Å². The van der Waals surface area contributed by atoms with Gasteiger partial charge in [0.15, 0.2) is 0 Å². The highest BCUT2D eigenvalue weighted by atomic mass is 32.2. The highest BCUT2D eigenvalue weighted by Gasteiger charge is 2.19. The average Bonchev–Trinajstić information content (AvgIpc) is 2.61. The van der Waals surface area contributed by atoms with Crippen LogP contribution in [0.2, 0.25) is 0 Å². The average molecular weight is 364 g/mol. The second kappa shape index (κ2) is 5.13. The van der Waals surface area contributed by atoms with Gasteiger partial charge in [-0.3, -0.25) is 4.55 Å². The van der Waals surface area contributed by atoms with Gasteiger partial charge < -0.3 is 10.6 Å². The number of anilines is 4. The van der Waals surface area contributed by atoms with Crippen molar-refractivity contribution in [2.24, 2.45) is 0 Å². The lowest BCUT2D eigenvalue weighted by Gasteiger charge is -2.23. The number of fused-ring (bicyclic) bond motifs is 4. The molecule has 1 aliphatic rings. The van der Waals surface area contributed by atoms with Gasteiger partial charge in [-0.05, 0) is 36.4 Å². The van der Waals surface area contributed by atoms with E-state index in [1.54, 1.807) is 12.1 Å². The van der Waals surface area contributed by atoms with E-state index in [1.165, 1.54) is 12.1 Å². The van der Waals surface area contributed by atoms with Crippen molar-refractivity contribution in [2.75, 3.05) is 10.6 Å². The van der Waals surface area contributed by atoms with Crippen molar-refractivity contribution < 1.29 is 13.0 Å². The van der Waals surface area contributed by atoms with Crippen LogP contribution in [-0.2, 0) is 10.1 Å². The molecule has 0 aliphatic carbocycles. The van der Waals surface area contributed by atoms with Crippen molar-refractivity contribution in [1.82, 2.24) is 9.97 Å². The minimum atomic E-state index is -4.39. The molecule has 0 atom stereocenters. The topological polar surface area (TPSA) is 104 Å². The van der Waals surface area contributed by atoms with Gasteiger partial charge in [-0.25, -0.2) is 9.97 Å². The lowest BCUT2D eigenvalue weighted by Crippen LogP contribution is -2.07. The fourth-order valence-corrected chi connectivity index (χ4v) is 3.77. The molecule has 7 nitrogen and oxygen atoms in total. The fraction of sp³-hybridized carbons (Fsp3) is 0. The van der Waals surface area contributed by atoms with Gasteiger partial charge in [0.25, 0.3) is 10.1 Å². The molecule has 5 rings (SSSR count). The smallest absolute Gasteiger partial charge is 0.296 e. The second-order valence-corrected chi connectivity index (χ2v) is 7.39. The maximum absolute atomic E-state index is 11.6. The lowest BCUT2D eigenvalue weighted by molar-refractivity contribution is 0.484. The van der Waals surface area contributed by atoms with Crippen molar-refractivity contribution in [2.45, 2.75) is 4.90 Å². The van der Waals surface area contributed by atoms with Crippen LogP contribution in [0.25, 0.3) is 22.1 Å². The van der Waals surface area contributed by atoms with Crippen molar-refractivity contribution in [3.63, 3.8) is 0 Å². The maximum atomic E-state index is 11.6. The molecule has 0 radical (unpaired) electrons. The standard InChI is InChI=1S/C18H12N4O3S/c23-26(24,25)17-7-3-6-12-18(17)22-16-9-14-13(8-15(16)21-12)19-10-4-1-2-5-11(10)20-14/h1-9,19-20H,(H,23,24,25). The highest BCUT2D eigenvalue weighted by molar-refractivity contribution is 7.86. The third kappa shape index (κ3) is 2.27. The molecular formula is C18H12N4O3S. The highest BCUT2D eigenvalue weighted by Crippen LogP contribution is 2.40. The van der Waals surface area contributed by atoms with Gasteiger partial charge in [-0.15, -0.1) is 0 Å². The van der Waals surface area contributed by atoms with E-state index in [9.17, 15) is 13.0 Å². The third-order valence-electron chi connectivity index (χ3n) is 4.31. The number of para-hydroxylation sites is 3.